The van der Waals surface area contributed by atoms with E-state index < -0.39 is 0 Å². The number of ether oxygens (including phenoxy) is 1. The topological polar surface area (TPSA) is 39.2 Å². The lowest BCUT2D eigenvalue weighted by atomic mass is 9.96. The molecule has 2 saturated heterocycles. The summed E-state index contributed by atoms with van der Waals surface area (Å²) in [7, 11) is 2.22. The lowest BCUT2D eigenvalue weighted by Gasteiger charge is -2.26. The predicted octanol–water partition coefficient (Wildman–Crippen LogP) is 1.76. The van der Waals surface area contributed by atoms with E-state index in [4.69, 9.17) is 4.74 Å². The lowest BCUT2D eigenvalue weighted by molar-refractivity contribution is 0.165. The number of benzene rings is 1. The lowest BCUT2D eigenvalue weighted by Crippen LogP contribution is -2.36. The van der Waals surface area contributed by atoms with E-state index in [1.165, 1.54) is 25.1 Å². The monoisotopic (exact) mass is 361 g/mol. The highest BCUT2D eigenvalue weighted by atomic mass is 16.5. The summed E-state index contributed by atoms with van der Waals surface area (Å²) < 4.78 is 5.53. The van der Waals surface area contributed by atoms with Gasteiger partial charge in [-0.05, 0) is 63.0 Å². The van der Waals surface area contributed by atoms with Crippen LogP contribution in [0.25, 0.3) is 0 Å². The molecule has 2 atom stereocenters. The van der Waals surface area contributed by atoms with Gasteiger partial charge in [0, 0.05) is 45.9 Å². The van der Waals surface area contributed by atoms with Crippen molar-refractivity contribution in [2.75, 3.05) is 66.1 Å². The van der Waals surface area contributed by atoms with E-state index in [-0.39, 0.29) is 0 Å². The summed E-state index contributed by atoms with van der Waals surface area (Å²) in [4.78, 5) is 7.54. The molecule has 26 heavy (non-hydrogen) atoms. The van der Waals surface area contributed by atoms with Crippen molar-refractivity contribution in [3.63, 3.8) is 0 Å². The zero-order valence-electron chi connectivity index (χ0n) is 16.4. The van der Waals surface area contributed by atoms with Crippen LogP contribution >= 0.6 is 0 Å². The second kappa shape index (κ2) is 9.70. The summed E-state index contributed by atoms with van der Waals surface area (Å²) >= 11 is 0. The van der Waals surface area contributed by atoms with Gasteiger partial charge in [-0.2, -0.15) is 0 Å². The molecule has 5 nitrogen and oxygen atoms in total. The number of aliphatic hydroxyl groups is 1. The van der Waals surface area contributed by atoms with Gasteiger partial charge in [0.25, 0.3) is 0 Å². The van der Waals surface area contributed by atoms with Crippen LogP contribution in [-0.2, 0) is 6.54 Å². The average molecular weight is 362 g/mol. The second-order valence-electron chi connectivity index (χ2n) is 7.93. The van der Waals surface area contributed by atoms with Crippen molar-refractivity contribution in [2.45, 2.75) is 19.9 Å². The molecule has 2 aliphatic rings. The van der Waals surface area contributed by atoms with Crippen LogP contribution in [0.4, 0.5) is 0 Å². The van der Waals surface area contributed by atoms with Crippen LogP contribution in [0.15, 0.2) is 24.3 Å². The molecule has 1 aromatic carbocycles. The molecular formula is C21H35N3O2. The minimum atomic E-state index is 0.304. The summed E-state index contributed by atoms with van der Waals surface area (Å²) in [6.45, 7) is 11.9. The summed E-state index contributed by atoms with van der Waals surface area (Å²) in [5.74, 6) is 1.92. The highest BCUT2D eigenvalue weighted by Gasteiger charge is 2.33. The molecule has 0 amide bonds. The maximum absolute atomic E-state index is 9.87. The summed E-state index contributed by atoms with van der Waals surface area (Å²) in [5, 5.41) is 9.87. The summed E-state index contributed by atoms with van der Waals surface area (Å²) in [6, 6.07) is 8.45. The first-order valence-corrected chi connectivity index (χ1v) is 10.1. The summed E-state index contributed by atoms with van der Waals surface area (Å²) in [5.41, 5.74) is 1.32. The molecule has 3 rings (SSSR count). The van der Waals surface area contributed by atoms with E-state index in [9.17, 15) is 5.11 Å². The van der Waals surface area contributed by atoms with E-state index in [1.807, 2.05) is 6.92 Å². The number of hydrogen-bond acceptors (Lipinski definition) is 5. The van der Waals surface area contributed by atoms with Crippen molar-refractivity contribution in [1.82, 2.24) is 14.7 Å². The first-order valence-electron chi connectivity index (χ1n) is 10.1. The average Bonchev–Trinajstić information content (AvgIpc) is 2.90. The maximum Gasteiger partial charge on any atom is 0.119 e. The summed E-state index contributed by atoms with van der Waals surface area (Å²) in [6.07, 6.45) is 1.25. The Kier molecular flexibility index (Phi) is 7.32. The third-order valence-electron chi connectivity index (χ3n) is 5.83. The third kappa shape index (κ3) is 5.43. The predicted molar refractivity (Wildman–Crippen MR) is 106 cm³/mol. The van der Waals surface area contributed by atoms with E-state index in [0.29, 0.717) is 25.0 Å². The van der Waals surface area contributed by atoms with Crippen molar-refractivity contribution < 1.29 is 9.84 Å². The number of hydrogen-bond donors (Lipinski definition) is 1. The van der Waals surface area contributed by atoms with E-state index in [0.717, 1.165) is 45.0 Å². The van der Waals surface area contributed by atoms with Crippen LogP contribution in [0.3, 0.4) is 0 Å². The van der Waals surface area contributed by atoms with Crippen LogP contribution < -0.4 is 4.74 Å². The molecule has 146 valence electrons. The highest BCUT2D eigenvalue weighted by molar-refractivity contribution is 5.27. The Morgan fingerprint density at radius 1 is 1.00 bits per heavy atom. The van der Waals surface area contributed by atoms with Crippen molar-refractivity contribution >= 4 is 0 Å². The molecule has 0 spiro atoms. The molecule has 1 aromatic rings. The normalized spacial score (nSPS) is 26.1. The quantitative estimate of drug-likeness (QED) is 0.801. The molecule has 2 aliphatic heterocycles. The van der Waals surface area contributed by atoms with Gasteiger partial charge in [0.2, 0.25) is 0 Å². The highest BCUT2D eigenvalue weighted by Crippen LogP contribution is 2.26. The Balaban J connectivity index is 1.52. The van der Waals surface area contributed by atoms with E-state index >= 15 is 0 Å². The number of aliphatic hydroxyl groups excluding tert-OH is 1. The fourth-order valence-corrected chi connectivity index (χ4v) is 4.31. The first kappa shape index (κ1) is 19.6. The Morgan fingerprint density at radius 2 is 1.77 bits per heavy atom. The minimum absolute atomic E-state index is 0.304. The van der Waals surface area contributed by atoms with Gasteiger partial charge in [0.05, 0.1) is 6.61 Å². The van der Waals surface area contributed by atoms with Gasteiger partial charge >= 0.3 is 0 Å². The third-order valence-corrected chi connectivity index (χ3v) is 5.83. The first-order chi connectivity index (χ1) is 12.7. The van der Waals surface area contributed by atoms with Crippen LogP contribution in [-0.4, -0.2) is 85.9 Å². The number of likely N-dealkylation sites (tertiary alicyclic amines) is 1. The Labute approximate surface area is 158 Å². The molecule has 5 heteroatoms. The largest absolute Gasteiger partial charge is 0.494 e. The molecule has 2 fully saturated rings. The Morgan fingerprint density at radius 3 is 2.50 bits per heavy atom. The van der Waals surface area contributed by atoms with Gasteiger partial charge in [-0.15, -0.1) is 0 Å². The molecule has 0 bridgehead atoms. The van der Waals surface area contributed by atoms with Crippen LogP contribution in [0.1, 0.15) is 18.9 Å². The Hall–Kier alpha value is -1.14. The molecular weight excluding hydrogens is 326 g/mol. The van der Waals surface area contributed by atoms with Crippen molar-refractivity contribution in [3.05, 3.63) is 29.8 Å². The van der Waals surface area contributed by atoms with Gasteiger partial charge in [-0.25, -0.2) is 0 Å². The van der Waals surface area contributed by atoms with Gasteiger partial charge in [-0.3, -0.25) is 4.90 Å². The number of likely N-dealkylation sites (N-methyl/N-ethyl adjacent to an activating group) is 1. The molecule has 0 aliphatic carbocycles. The zero-order valence-corrected chi connectivity index (χ0v) is 16.4. The molecule has 0 radical (unpaired) electrons. The maximum atomic E-state index is 9.87. The van der Waals surface area contributed by atoms with Crippen molar-refractivity contribution in [3.8, 4) is 5.75 Å². The smallest absolute Gasteiger partial charge is 0.119 e. The minimum Gasteiger partial charge on any atom is -0.494 e. The molecule has 1 N–H and O–H groups in total. The number of rotatable bonds is 7. The van der Waals surface area contributed by atoms with Crippen molar-refractivity contribution in [2.24, 2.45) is 11.8 Å². The van der Waals surface area contributed by atoms with Gasteiger partial charge in [0.1, 0.15) is 5.75 Å². The fraction of sp³-hybridized carbons (Fsp3) is 0.714. The molecule has 0 aromatic heterocycles. The van der Waals surface area contributed by atoms with Gasteiger partial charge in [-0.1, -0.05) is 12.1 Å². The van der Waals surface area contributed by atoms with E-state index in [1.54, 1.807) is 0 Å². The second-order valence-corrected chi connectivity index (χ2v) is 7.93. The standard InChI is InChI=1S/C21H35N3O2/c1-3-26-21-7-5-18(6-8-21)13-24-15-19(20(16-24)17-25)14-23-10-4-9-22(2)11-12-23/h5-8,19-20,25H,3-4,9-17H2,1-2H3/t19-,20-/m1/s1. The van der Waals surface area contributed by atoms with Gasteiger partial charge < -0.3 is 19.6 Å². The SMILES string of the molecule is CCOc1ccc(CN2C[C@@H](CN3CCCN(C)CC3)[C@@H](CO)C2)cc1. The molecule has 0 unspecified atom stereocenters. The number of nitrogens with zero attached hydrogens (tertiary/aromatic N) is 3. The van der Waals surface area contributed by atoms with Crippen molar-refractivity contribution in [1.29, 1.82) is 0 Å². The molecule has 2 heterocycles. The molecule has 0 saturated carbocycles. The fourth-order valence-electron chi connectivity index (χ4n) is 4.31. The van der Waals surface area contributed by atoms with Crippen LogP contribution in [0.5, 0.6) is 5.75 Å². The zero-order chi connectivity index (χ0) is 18.4. The van der Waals surface area contributed by atoms with Crippen LogP contribution in [0, 0.1) is 11.8 Å². The van der Waals surface area contributed by atoms with Crippen LogP contribution in [0.2, 0.25) is 0 Å². The van der Waals surface area contributed by atoms with E-state index in [2.05, 4.69) is 46.0 Å². The Bertz CT molecular complexity index is 537. The van der Waals surface area contributed by atoms with Gasteiger partial charge in [0.15, 0.2) is 0 Å².